The SMILES string of the molecule is COc1cccc(CNC(=O)Cn2c(C)cc3nc4n(c(=O)c32)CCCC4)c1. The summed E-state index contributed by atoms with van der Waals surface area (Å²) in [5.74, 6) is 1.46. The topological polar surface area (TPSA) is 78.2 Å². The maximum atomic E-state index is 13.0. The molecule has 0 saturated heterocycles. The number of nitrogens with zero attached hydrogens (tertiary/aromatic N) is 3. The van der Waals surface area contributed by atoms with Crippen molar-refractivity contribution < 1.29 is 9.53 Å². The van der Waals surface area contributed by atoms with E-state index in [1.54, 1.807) is 16.2 Å². The van der Waals surface area contributed by atoms with Gasteiger partial charge in [0.25, 0.3) is 5.56 Å². The van der Waals surface area contributed by atoms with Crippen LogP contribution >= 0.6 is 0 Å². The third-order valence-electron chi connectivity index (χ3n) is 5.25. The average molecular weight is 380 g/mol. The molecule has 0 bridgehead atoms. The number of fused-ring (bicyclic) bond motifs is 2. The largest absolute Gasteiger partial charge is 0.497 e. The van der Waals surface area contributed by atoms with Crippen LogP contribution in [0.5, 0.6) is 5.75 Å². The van der Waals surface area contributed by atoms with E-state index in [2.05, 4.69) is 10.3 Å². The molecule has 2 aromatic heterocycles. The highest BCUT2D eigenvalue weighted by molar-refractivity contribution is 5.81. The van der Waals surface area contributed by atoms with Gasteiger partial charge in [-0.25, -0.2) is 4.98 Å². The number of benzene rings is 1. The zero-order chi connectivity index (χ0) is 19.7. The Morgan fingerprint density at radius 1 is 1.29 bits per heavy atom. The first-order valence-corrected chi connectivity index (χ1v) is 9.56. The summed E-state index contributed by atoms with van der Waals surface area (Å²) in [6.45, 7) is 3.10. The number of aryl methyl sites for hydroxylation is 2. The van der Waals surface area contributed by atoms with E-state index >= 15 is 0 Å². The average Bonchev–Trinajstić information content (AvgIpc) is 3.02. The lowest BCUT2D eigenvalue weighted by Crippen LogP contribution is -2.31. The number of methoxy groups -OCH3 is 1. The number of aromatic nitrogens is 3. The van der Waals surface area contributed by atoms with Crippen molar-refractivity contribution >= 4 is 16.9 Å². The van der Waals surface area contributed by atoms with Crippen LogP contribution in [0.4, 0.5) is 0 Å². The summed E-state index contributed by atoms with van der Waals surface area (Å²) < 4.78 is 8.74. The van der Waals surface area contributed by atoms with E-state index in [-0.39, 0.29) is 18.0 Å². The molecule has 0 radical (unpaired) electrons. The van der Waals surface area contributed by atoms with Gasteiger partial charge in [-0.2, -0.15) is 0 Å². The molecule has 7 nitrogen and oxygen atoms in total. The number of carbonyl (C=O) groups excluding carboxylic acids is 1. The molecule has 0 fully saturated rings. The zero-order valence-corrected chi connectivity index (χ0v) is 16.2. The van der Waals surface area contributed by atoms with Crippen LogP contribution in [0.15, 0.2) is 35.1 Å². The summed E-state index contributed by atoms with van der Waals surface area (Å²) in [4.78, 5) is 30.2. The second kappa shape index (κ2) is 7.50. The number of nitrogens with one attached hydrogen (secondary N) is 1. The number of rotatable bonds is 5. The molecule has 4 rings (SSSR count). The summed E-state index contributed by atoms with van der Waals surface area (Å²) in [6.07, 6.45) is 2.88. The monoisotopic (exact) mass is 380 g/mol. The molecule has 1 aliphatic rings. The molecular formula is C21H24N4O3. The molecule has 0 aliphatic carbocycles. The number of ether oxygens (including phenoxy) is 1. The number of carbonyl (C=O) groups is 1. The summed E-state index contributed by atoms with van der Waals surface area (Å²) in [6, 6.07) is 9.46. The molecule has 3 heterocycles. The Kier molecular flexibility index (Phi) is 4.90. The van der Waals surface area contributed by atoms with Crippen molar-refractivity contribution in [1.29, 1.82) is 0 Å². The van der Waals surface area contributed by atoms with Crippen molar-refractivity contribution in [2.45, 2.75) is 45.8 Å². The summed E-state index contributed by atoms with van der Waals surface area (Å²) in [5, 5.41) is 2.92. The summed E-state index contributed by atoms with van der Waals surface area (Å²) >= 11 is 0. The lowest BCUT2D eigenvalue weighted by molar-refractivity contribution is -0.121. The Hall–Kier alpha value is -3.09. The van der Waals surface area contributed by atoms with E-state index in [1.165, 1.54) is 0 Å². The Balaban J connectivity index is 1.56. The fourth-order valence-electron chi connectivity index (χ4n) is 3.77. The first kappa shape index (κ1) is 18.3. The minimum atomic E-state index is -0.148. The molecule has 1 amide bonds. The van der Waals surface area contributed by atoms with Crippen molar-refractivity contribution in [3.8, 4) is 5.75 Å². The van der Waals surface area contributed by atoms with E-state index in [4.69, 9.17) is 4.74 Å². The first-order valence-electron chi connectivity index (χ1n) is 9.56. The van der Waals surface area contributed by atoms with Gasteiger partial charge in [0.15, 0.2) is 0 Å². The fourth-order valence-corrected chi connectivity index (χ4v) is 3.77. The highest BCUT2D eigenvalue weighted by Gasteiger charge is 2.19. The van der Waals surface area contributed by atoms with Gasteiger partial charge in [-0.15, -0.1) is 0 Å². The Bertz CT molecular complexity index is 1100. The first-order chi connectivity index (χ1) is 13.6. The van der Waals surface area contributed by atoms with E-state index in [0.29, 0.717) is 24.1 Å². The number of amides is 1. The molecule has 7 heteroatoms. The van der Waals surface area contributed by atoms with Crippen LogP contribution in [0.25, 0.3) is 11.0 Å². The van der Waals surface area contributed by atoms with Crippen molar-refractivity contribution in [2.75, 3.05) is 7.11 Å². The maximum absolute atomic E-state index is 13.0. The molecule has 28 heavy (non-hydrogen) atoms. The second-order valence-electron chi connectivity index (χ2n) is 7.18. The van der Waals surface area contributed by atoms with Crippen LogP contribution in [0, 0.1) is 6.92 Å². The van der Waals surface area contributed by atoms with Crippen LogP contribution in [0.1, 0.15) is 29.9 Å². The van der Waals surface area contributed by atoms with Gasteiger partial charge >= 0.3 is 0 Å². The normalized spacial score (nSPS) is 13.4. The maximum Gasteiger partial charge on any atom is 0.278 e. The van der Waals surface area contributed by atoms with E-state index < -0.39 is 0 Å². The standard InChI is InChI=1S/C21H24N4O3/c1-14-10-17-20(21(27)24-9-4-3-8-18(24)23-17)25(14)13-19(26)22-12-15-6-5-7-16(11-15)28-2/h5-7,10-11H,3-4,8-9,12-13H2,1-2H3,(H,22,26). The summed E-state index contributed by atoms with van der Waals surface area (Å²) in [7, 11) is 1.61. The summed E-state index contributed by atoms with van der Waals surface area (Å²) in [5.41, 5.74) is 2.96. The molecule has 0 unspecified atom stereocenters. The van der Waals surface area contributed by atoms with Gasteiger partial charge in [0, 0.05) is 25.2 Å². The lowest BCUT2D eigenvalue weighted by atomic mass is 10.1. The molecule has 146 valence electrons. The minimum Gasteiger partial charge on any atom is -0.497 e. The van der Waals surface area contributed by atoms with E-state index in [0.717, 1.165) is 42.1 Å². The highest BCUT2D eigenvalue weighted by Crippen LogP contribution is 2.18. The smallest absolute Gasteiger partial charge is 0.278 e. The Morgan fingerprint density at radius 2 is 2.14 bits per heavy atom. The van der Waals surface area contributed by atoms with Crippen molar-refractivity contribution in [3.63, 3.8) is 0 Å². The molecule has 0 saturated carbocycles. The van der Waals surface area contributed by atoms with Crippen LogP contribution in [0.3, 0.4) is 0 Å². The molecule has 0 spiro atoms. The third kappa shape index (κ3) is 3.40. The van der Waals surface area contributed by atoms with Crippen LogP contribution in [-0.2, 0) is 30.8 Å². The van der Waals surface area contributed by atoms with Gasteiger partial charge in [0.2, 0.25) is 5.91 Å². The van der Waals surface area contributed by atoms with Gasteiger partial charge in [-0.05, 0) is 43.5 Å². The third-order valence-corrected chi connectivity index (χ3v) is 5.25. The van der Waals surface area contributed by atoms with Crippen molar-refractivity contribution in [3.05, 3.63) is 57.8 Å². The second-order valence-corrected chi connectivity index (χ2v) is 7.18. The van der Waals surface area contributed by atoms with Crippen LogP contribution < -0.4 is 15.6 Å². The predicted octanol–water partition coefficient (Wildman–Crippen LogP) is 2.17. The van der Waals surface area contributed by atoms with Crippen molar-refractivity contribution in [1.82, 2.24) is 19.4 Å². The number of hydrogen-bond donors (Lipinski definition) is 1. The van der Waals surface area contributed by atoms with Gasteiger partial charge < -0.3 is 14.6 Å². The Morgan fingerprint density at radius 3 is 2.96 bits per heavy atom. The molecule has 1 aliphatic heterocycles. The number of hydrogen-bond acceptors (Lipinski definition) is 4. The highest BCUT2D eigenvalue weighted by atomic mass is 16.5. The molecule has 1 N–H and O–H groups in total. The van der Waals surface area contributed by atoms with Gasteiger partial charge in [0.05, 0.1) is 12.6 Å². The minimum absolute atomic E-state index is 0.0478. The van der Waals surface area contributed by atoms with Gasteiger partial charge in [-0.3, -0.25) is 14.2 Å². The van der Waals surface area contributed by atoms with Crippen LogP contribution in [0.2, 0.25) is 0 Å². The predicted molar refractivity (Wildman–Crippen MR) is 107 cm³/mol. The van der Waals surface area contributed by atoms with E-state index in [9.17, 15) is 9.59 Å². The molecule has 0 atom stereocenters. The molecule has 1 aromatic carbocycles. The van der Waals surface area contributed by atoms with Gasteiger partial charge in [0.1, 0.15) is 23.6 Å². The zero-order valence-electron chi connectivity index (χ0n) is 16.2. The quantitative estimate of drug-likeness (QED) is 0.736. The molecule has 3 aromatic rings. The van der Waals surface area contributed by atoms with Crippen molar-refractivity contribution in [2.24, 2.45) is 0 Å². The Labute approximate surface area is 163 Å². The lowest BCUT2D eigenvalue weighted by Gasteiger charge is -2.17. The molecular weight excluding hydrogens is 356 g/mol. The van der Waals surface area contributed by atoms with Gasteiger partial charge in [-0.1, -0.05) is 12.1 Å². The van der Waals surface area contributed by atoms with Crippen LogP contribution in [-0.4, -0.2) is 27.1 Å². The van der Waals surface area contributed by atoms with E-state index in [1.807, 2.05) is 37.3 Å². The fraction of sp³-hybridized carbons (Fsp3) is 0.381.